The van der Waals surface area contributed by atoms with Gasteiger partial charge in [0.25, 0.3) is 0 Å². The second kappa shape index (κ2) is 4.67. The molecule has 3 heteroatoms. The maximum absolute atomic E-state index is 4.40. The van der Waals surface area contributed by atoms with E-state index in [0.29, 0.717) is 12.0 Å². The van der Waals surface area contributed by atoms with Crippen LogP contribution in [0.25, 0.3) is 0 Å². The molecule has 100 valence electrons. The minimum Gasteiger partial charge on any atom is -0.312 e. The Morgan fingerprint density at radius 3 is 2.06 bits per heavy atom. The zero-order valence-electron chi connectivity index (χ0n) is 11.9. The summed E-state index contributed by atoms with van der Waals surface area (Å²) in [6.45, 7) is 6.57. The van der Waals surface area contributed by atoms with Gasteiger partial charge < -0.3 is 4.57 Å². The lowest BCUT2D eigenvalue weighted by atomic mass is 9.84. The lowest BCUT2D eigenvalue weighted by Gasteiger charge is -2.22. The van der Waals surface area contributed by atoms with E-state index in [2.05, 4.69) is 35.5 Å². The molecule has 3 fully saturated rings. The summed E-state index contributed by atoms with van der Waals surface area (Å²) >= 11 is 0. The number of hydrogen-bond acceptors (Lipinski definition) is 2. The van der Waals surface area contributed by atoms with Gasteiger partial charge >= 0.3 is 0 Å². The van der Waals surface area contributed by atoms with E-state index in [4.69, 9.17) is 0 Å². The second-order valence-electron chi connectivity index (χ2n) is 6.64. The molecule has 1 aromatic heterocycles. The summed E-state index contributed by atoms with van der Waals surface area (Å²) in [4.78, 5) is 0. The summed E-state index contributed by atoms with van der Waals surface area (Å²) in [7, 11) is 0. The molecule has 3 saturated carbocycles. The summed E-state index contributed by atoms with van der Waals surface area (Å²) in [6.07, 6.45) is 8.54. The fourth-order valence-electron chi connectivity index (χ4n) is 4.01. The molecule has 3 nitrogen and oxygen atoms in total. The van der Waals surface area contributed by atoms with Crippen molar-refractivity contribution in [1.29, 1.82) is 0 Å². The van der Waals surface area contributed by atoms with Gasteiger partial charge in [0.05, 0.1) is 0 Å². The van der Waals surface area contributed by atoms with Crippen molar-refractivity contribution in [2.45, 2.75) is 71.3 Å². The Labute approximate surface area is 110 Å². The van der Waals surface area contributed by atoms with Gasteiger partial charge in [-0.15, -0.1) is 10.2 Å². The lowest BCUT2D eigenvalue weighted by molar-refractivity contribution is 0.308. The average molecular weight is 247 g/mol. The molecule has 0 saturated heterocycles. The highest BCUT2D eigenvalue weighted by Crippen LogP contribution is 2.44. The van der Waals surface area contributed by atoms with Crippen LogP contribution in [-0.2, 0) is 0 Å². The van der Waals surface area contributed by atoms with Gasteiger partial charge in [0.1, 0.15) is 11.6 Å². The normalized spacial score (nSPS) is 31.9. The molecule has 0 N–H and O–H groups in total. The van der Waals surface area contributed by atoms with E-state index >= 15 is 0 Å². The van der Waals surface area contributed by atoms with Crippen molar-refractivity contribution < 1.29 is 0 Å². The predicted octanol–water partition coefficient (Wildman–Crippen LogP) is 3.85. The van der Waals surface area contributed by atoms with Crippen molar-refractivity contribution in [3.63, 3.8) is 0 Å². The molecule has 0 atom stereocenters. The monoisotopic (exact) mass is 247 g/mol. The molecular formula is C15H25N3. The maximum Gasteiger partial charge on any atom is 0.135 e. The van der Waals surface area contributed by atoms with E-state index in [1.54, 1.807) is 0 Å². The zero-order valence-corrected chi connectivity index (χ0v) is 11.9. The Morgan fingerprint density at radius 1 is 1.00 bits per heavy atom. The molecule has 0 aromatic carbocycles. The third-order valence-corrected chi connectivity index (χ3v) is 4.95. The Kier molecular flexibility index (Phi) is 3.16. The van der Waals surface area contributed by atoms with Gasteiger partial charge in [-0.05, 0) is 31.6 Å². The first-order valence-electron chi connectivity index (χ1n) is 7.56. The minimum absolute atomic E-state index is 0.479. The number of aromatic nitrogens is 3. The van der Waals surface area contributed by atoms with Crippen molar-refractivity contribution in [3.8, 4) is 0 Å². The molecule has 1 aromatic rings. The van der Waals surface area contributed by atoms with Crippen LogP contribution in [0, 0.1) is 18.8 Å². The van der Waals surface area contributed by atoms with Gasteiger partial charge in [-0.1, -0.05) is 39.5 Å². The standard InChI is InChI=1S/C15H25N3/c1-10(2)15-17-16-11(3)18(15)14-8-12-4-5-13(9-14)7-6-12/h10,12-14H,4-9H2,1-3H3. The van der Waals surface area contributed by atoms with Crippen LogP contribution in [0.3, 0.4) is 0 Å². The Bertz CT molecular complexity index is 399. The van der Waals surface area contributed by atoms with Crippen LogP contribution < -0.4 is 0 Å². The van der Waals surface area contributed by atoms with Crippen LogP contribution in [0.15, 0.2) is 0 Å². The summed E-state index contributed by atoms with van der Waals surface area (Å²) in [5.74, 6) is 4.70. The van der Waals surface area contributed by atoms with Crippen molar-refractivity contribution in [3.05, 3.63) is 11.6 Å². The topological polar surface area (TPSA) is 30.7 Å². The predicted molar refractivity (Wildman–Crippen MR) is 72.6 cm³/mol. The molecule has 2 bridgehead atoms. The maximum atomic E-state index is 4.40. The first kappa shape index (κ1) is 12.2. The Balaban J connectivity index is 1.92. The summed E-state index contributed by atoms with van der Waals surface area (Å²) < 4.78 is 2.46. The molecule has 3 aliphatic rings. The van der Waals surface area contributed by atoms with E-state index in [1.807, 2.05) is 0 Å². The average Bonchev–Trinajstić information content (AvgIpc) is 2.53. The fraction of sp³-hybridized carbons (Fsp3) is 0.867. The van der Waals surface area contributed by atoms with Gasteiger partial charge in [-0.2, -0.15) is 0 Å². The number of hydrogen-bond donors (Lipinski definition) is 0. The molecule has 0 radical (unpaired) electrons. The molecule has 18 heavy (non-hydrogen) atoms. The zero-order chi connectivity index (χ0) is 12.7. The first-order chi connectivity index (χ1) is 8.65. The van der Waals surface area contributed by atoms with Gasteiger partial charge in [0.2, 0.25) is 0 Å². The largest absolute Gasteiger partial charge is 0.312 e. The summed E-state index contributed by atoms with van der Waals surface area (Å²) in [5.41, 5.74) is 0. The molecule has 4 rings (SSSR count). The highest BCUT2D eigenvalue weighted by atomic mass is 15.3. The lowest BCUT2D eigenvalue weighted by Crippen LogP contribution is -2.16. The smallest absolute Gasteiger partial charge is 0.135 e. The van der Waals surface area contributed by atoms with Crippen LogP contribution in [-0.4, -0.2) is 14.8 Å². The highest BCUT2D eigenvalue weighted by molar-refractivity contribution is 5.03. The SMILES string of the molecule is Cc1nnc(C(C)C)n1C1CC2CCC(CC2)C1. The summed E-state index contributed by atoms with van der Waals surface area (Å²) in [6, 6.07) is 0.664. The third kappa shape index (κ3) is 2.08. The molecule has 0 aliphatic heterocycles. The van der Waals surface area contributed by atoms with Gasteiger partial charge in [-0.3, -0.25) is 0 Å². The van der Waals surface area contributed by atoms with Crippen LogP contribution in [0.1, 0.15) is 76.0 Å². The van der Waals surface area contributed by atoms with Gasteiger partial charge in [-0.25, -0.2) is 0 Å². The van der Waals surface area contributed by atoms with E-state index in [1.165, 1.54) is 44.3 Å². The minimum atomic E-state index is 0.479. The number of aryl methyl sites for hydroxylation is 1. The van der Waals surface area contributed by atoms with Gasteiger partial charge in [0, 0.05) is 12.0 Å². The molecule has 0 spiro atoms. The van der Waals surface area contributed by atoms with Gasteiger partial charge in [0.15, 0.2) is 0 Å². The van der Waals surface area contributed by atoms with E-state index in [0.717, 1.165) is 17.7 Å². The third-order valence-electron chi connectivity index (χ3n) is 4.95. The van der Waals surface area contributed by atoms with Crippen molar-refractivity contribution in [2.24, 2.45) is 11.8 Å². The van der Waals surface area contributed by atoms with Crippen molar-refractivity contribution >= 4 is 0 Å². The van der Waals surface area contributed by atoms with Crippen LogP contribution in [0.2, 0.25) is 0 Å². The fourth-order valence-corrected chi connectivity index (χ4v) is 4.01. The quantitative estimate of drug-likeness (QED) is 0.794. The molecular weight excluding hydrogens is 222 g/mol. The number of rotatable bonds is 2. The number of nitrogens with zero attached hydrogens (tertiary/aromatic N) is 3. The van der Waals surface area contributed by atoms with Crippen molar-refractivity contribution in [2.75, 3.05) is 0 Å². The van der Waals surface area contributed by atoms with Crippen LogP contribution in [0.4, 0.5) is 0 Å². The van der Waals surface area contributed by atoms with E-state index in [-0.39, 0.29) is 0 Å². The first-order valence-corrected chi connectivity index (χ1v) is 7.56. The van der Waals surface area contributed by atoms with Crippen LogP contribution >= 0.6 is 0 Å². The molecule has 0 amide bonds. The Morgan fingerprint density at radius 2 is 1.56 bits per heavy atom. The van der Waals surface area contributed by atoms with E-state index in [9.17, 15) is 0 Å². The van der Waals surface area contributed by atoms with Crippen LogP contribution in [0.5, 0.6) is 0 Å². The number of fused-ring (bicyclic) bond motifs is 4. The molecule has 1 heterocycles. The highest BCUT2D eigenvalue weighted by Gasteiger charge is 2.33. The van der Waals surface area contributed by atoms with Crippen molar-refractivity contribution in [1.82, 2.24) is 14.8 Å². The van der Waals surface area contributed by atoms with E-state index < -0.39 is 0 Å². The second-order valence-corrected chi connectivity index (χ2v) is 6.64. The summed E-state index contributed by atoms with van der Waals surface area (Å²) in [5, 5.41) is 8.73. The molecule has 3 aliphatic carbocycles. The Hall–Kier alpha value is -0.860. The molecule has 0 unspecified atom stereocenters.